The molecule has 3 aromatic rings. The number of carbonyl (C=O) groups is 4. The summed E-state index contributed by atoms with van der Waals surface area (Å²) in [6, 6.07) is 16.0. The molecule has 8 N–H and O–H groups in total. The summed E-state index contributed by atoms with van der Waals surface area (Å²) in [5, 5.41) is 32.3. The van der Waals surface area contributed by atoms with E-state index in [0.29, 0.717) is 78.8 Å². The first kappa shape index (κ1) is 61.8. The van der Waals surface area contributed by atoms with Crippen molar-refractivity contribution < 1.29 is 71.7 Å². The number of carbonyl (C=O) groups excluding carboxylic acids is 3. The van der Waals surface area contributed by atoms with E-state index in [1.165, 1.54) is 29.0 Å². The van der Waals surface area contributed by atoms with Gasteiger partial charge in [0.15, 0.2) is 17.7 Å². The van der Waals surface area contributed by atoms with Crippen molar-refractivity contribution >= 4 is 56.6 Å². The first-order valence-electron chi connectivity index (χ1n) is 25.3. The third-order valence-electron chi connectivity index (χ3n) is 12.6. The van der Waals surface area contributed by atoms with Crippen molar-refractivity contribution in [3.05, 3.63) is 107 Å². The van der Waals surface area contributed by atoms with Crippen LogP contribution in [-0.2, 0) is 9.53 Å². The maximum atomic E-state index is 13.2. The number of nitrogens with one attached hydrogen (secondary N) is 1. The van der Waals surface area contributed by atoms with Crippen LogP contribution < -0.4 is 29.3 Å². The van der Waals surface area contributed by atoms with Gasteiger partial charge >= 0.3 is 12.2 Å². The number of anilines is 2. The number of hydrogen-bond acceptors (Lipinski definition) is 14. The molecular formula is C54H78N4O15S2. The van der Waals surface area contributed by atoms with Crippen LogP contribution in [0.3, 0.4) is 0 Å². The lowest BCUT2D eigenvalue weighted by Crippen LogP contribution is -2.50. The van der Waals surface area contributed by atoms with Crippen LogP contribution >= 0.6 is 21.2 Å². The van der Waals surface area contributed by atoms with E-state index < -0.39 is 45.6 Å². The molecule has 6 rings (SSSR count). The molecule has 0 saturated carbocycles. The number of rotatable bonds is 22. The number of nitrogens with zero attached hydrogens (tertiary/aromatic N) is 3. The highest BCUT2D eigenvalue weighted by Gasteiger charge is 2.45. The molecule has 416 valence electrons. The quantitative estimate of drug-likeness (QED) is 0.0435. The third-order valence-corrected chi connectivity index (χ3v) is 16.3. The Kier molecular flexibility index (Phi) is 25.3. The molecule has 0 aromatic heterocycles. The SMILES string of the molecule is CCCC(CN(C(=O)OCCS(O)(O)c1ccccc1)c1ccc(OC)cc1C)NC(=O)CC.CCS(O)(O)C1=CC=CC=CC1.COc1cc2c(cc1OCCCCCCO)N(C(=O)O)C(O)C1CCCN1C2=O. The lowest BCUT2D eigenvalue weighted by Gasteiger charge is -2.33. The Morgan fingerprint density at radius 1 is 0.880 bits per heavy atom. The van der Waals surface area contributed by atoms with Crippen LogP contribution in [-0.4, -0.2) is 139 Å². The minimum Gasteiger partial charge on any atom is -0.497 e. The Morgan fingerprint density at radius 3 is 2.25 bits per heavy atom. The van der Waals surface area contributed by atoms with E-state index in [2.05, 4.69) is 5.32 Å². The van der Waals surface area contributed by atoms with Crippen LogP contribution in [0.25, 0.3) is 0 Å². The topological polar surface area (TPSA) is 269 Å². The predicted molar refractivity (Wildman–Crippen MR) is 295 cm³/mol. The fraction of sp³-hybridized carbons (Fsp3) is 0.481. The highest BCUT2D eigenvalue weighted by atomic mass is 32.3. The summed E-state index contributed by atoms with van der Waals surface area (Å²) < 4.78 is 62.0. The molecule has 0 spiro atoms. The zero-order valence-electron chi connectivity index (χ0n) is 44.0. The molecular weight excluding hydrogens is 1010 g/mol. The second-order valence-corrected chi connectivity index (χ2v) is 22.5. The van der Waals surface area contributed by atoms with E-state index in [4.69, 9.17) is 24.1 Å². The minimum atomic E-state index is -3.08. The van der Waals surface area contributed by atoms with Crippen LogP contribution in [0.4, 0.5) is 21.0 Å². The normalized spacial score (nSPS) is 16.7. The number of allylic oxidation sites excluding steroid dienone is 6. The molecule has 3 aliphatic rings. The van der Waals surface area contributed by atoms with Gasteiger partial charge in [0.1, 0.15) is 12.4 Å². The number of benzene rings is 3. The van der Waals surface area contributed by atoms with E-state index in [-0.39, 0.29) is 54.6 Å². The molecule has 1 fully saturated rings. The van der Waals surface area contributed by atoms with Gasteiger partial charge in [0.25, 0.3) is 5.91 Å². The van der Waals surface area contributed by atoms with Crippen LogP contribution in [0.15, 0.2) is 101 Å². The molecule has 4 amide bonds. The van der Waals surface area contributed by atoms with Gasteiger partial charge < -0.3 is 44.5 Å². The Bertz CT molecular complexity index is 2420. The molecule has 21 heteroatoms. The van der Waals surface area contributed by atoms with Crippen LogP contribution in [0.5, 0.6) is 17.2 Å². The van der Waals surface area contributed by atoms with Crippen molar-refractivity contribution in [1.82, 2.24) is 10.2 Å². The number of carboxylic acid groups (broad SMARTS) is 1. The Hall–Kier alpha value is -5.78. The summed E-state index contributed by atoms with van der Waals surface area (Å²) in [6.07, 6.45) is 13.1. The molecule has 75 heavy (non-hydrogen) atoms. The number of aryl methyl sites for hydroxylation is 1. The van der Waals surface area contributed by atoms with Gasteiger partial charge in [0, 0.05) is 55.3 Å². The number of unbranched alkanes of at least 4 members (excludes halogenated alkanes) is 3. The molecule has 1 aliphatic carbocycles. The van der Waals surface area contributed by atoms with Crippen molar-refractivity contribution in [3.8, 4) is 17.2 Å². The fourth-order valence-corrected chi connectivity index (χ4v) is 10.7. The smallest absolute Gasteiger partial charge is 0.414 e. The Balaban J connectivity index is 0.000000268. The molecule has 19 nitrogen and oxygen atoms in total. The summed E-state index contributed by atoms with van der Waals surface area (Å²) in [5.74, 6) is 1.21. The third kappa shape index (κ3) is 17.9. The van der Waals surface area contributed by atoms with Gasteiger partial charge in [-0.25, -0.2) is 14.5 Å². The second-order valence-electron chi connectivity index (χ2n) is 17.9. The molecule has 2 aliphatic heterocycles. The van der Waals surface area contributed by atoms with E-state index in [9.17, 15) is 47.6 Å². The van der Waals surface area contributed by atoms with E-state index >= 15 is 0 Å². The zero-order chi connectivity index (χ0) is 55.1. The maximum absolute atomic E-state index is 13.2. The van der Waals surface area contributed by atoms with Crippen molar-refractivity contribution in [3.63, 3.8) is 0 Å². The minimum absolute atomic E-state index is 0.0879. The van der Waals surface area contributed by atoms with Gasteiger partial charge in [0.2, 0.25) is 5.91 Å². The van der Waals surface area contributed by atoms with Crippen molar-refractivity contribution in [2.24, 2.45) is 0 Å². The van der Waals surface area contributed by atoms with Crippen LogP contribution in [0.1, 0.15) is 101 Å². The van der Waals surface area contributed by atoms with Gasteiger partial charge in [-0.05, 0) is 100 Å². The first-order valence-corrected chi connectivity index (χ1v) is 28.7. The number of ether oxygens (including phenoxy) is 4. The first-order chi connectivity index (χ1) is 35.9. The lowest BCUT2D eigenvalue weighted by atomic mass is 10.1. The van der Waals surface area contributed by atoms with Gasteiger partial charge in [0.05, 0.1) is 54.5 Å². The number of aliphatic hydroxyl groups is 2. The summed E-state index contributed by atoms with van der Waals surface area (Å²) in [4.78, 5) is 55.2. The van der Waals surface area contributed by atoms with E-state index in [1.54, 1.807) is 69.5 Å². The van der Waals surface area contributed by atoms with Gasteiger partial charge in [-0.3, -0.25) is 32.7 Å². The van der Waals surface area contributed by atoms with Gasteiger partial charge in [-0.2, -0.15) is 21.2 Å². The number of aliphatic hydroxyl groups excluding tert-OH is 2. The van der Waals surface area contributed by atoms with E-state index in [0.717, 1.165) is 47.5 Å². The number of fused-ring (bicyclic) bond motifs is 2. The van der Waals surface area contributed by atoms with Crippen LogP contribution in [0, 0.1) is 6.92 Å². The van der Waals surface area contributed by atoms with Crippen LogP contribution in [0.2, 0.25) is 0 Å². The highest BCUT2D eigenvalue weighted by Crippen LogP contribution is 2.49. The summed E-state index contributed by atoms with van der Waals surface area (Å²) in [5.41, 5.74) is 1.71. The largest absolute Gasteiger partial charge is 0.497 e. The number of amides is 4. The van der Waals surface area contributed by atoms with Crippen molar-refractivity contribution in [2.75, 3.05) is 68.4 Å². The van der Waals surface area contributed by atoms with Crippen molar-refractivity contribution in [1.29, 1.82) is 0 Å². The second kappa shape index (κ2) is 30.7. The number of hydrogen-bond donors (Lipinski definition) is 8. The Morgan fingerprint density at radius 2 is 1.61 bits per heavy atom. The zero-order valence-corrected chi connectivity index (χ0v) is 45.6. The average Bonchev–Trinajstić information content (AvgIpc) is 3.69. The average molecular weight is 1090 g/mol. The molecule has 3 aromatic carbocycles. The standard InChI is InChI=1S/C25H36N2O6S.C20H28N2O7.C9H14O2S/c1-5-10-20(26-24(28)6-2)18-27(23-14-13-21(32-4)17-19(23)3)25(29)33-15-16-34(30,31)22-11-8-7-9-12-22;1-28-16-11-13-15(12-17(16)29-10-5-3-2-4-9-23)22(20(26)27)19(25)14-7-6-8-21(14)18(13)24;1-2-12(10,11)9-7-5-3-4-6-8-9/h7-9,11-14,17,20,30-31H,5-6,10,15-16,18H2,1-4H3,(H,26,28);11-12,14,19,23,25H,2-10H2,1H3,(H,26,27);3-7,10-11H,2,8H2,1H3. The summed E-state index contributed by atoms with van der Waals surface area (Å²) in [6.45, 7) is 8.53. The number of methoxy groups -OCH3 is 2. The van der Waals surface area contributed by atoms with Crippen molar-refractivity contribution in [2.45, 2.75) is 115 Å². The monoisotopic (exact) mass is 1090 g/mol. The Labute approximate surface area is 444 Å². The lowest BCUT2D eigenvalue weighted by molar-refractivity contribution is -0.121. The van der Waals surface area contributed by atoms with E-state index in [1.807, 2.05) is 44.2 Å². The summed E-state index contributed by atoms with van der Waals surface area (Å²) >= 11 is 0. The van der Waals surface area contributed by atoms with Gasteiger partial charge in [-0.15, -0.1) is 0 Å². The fourth-order valence-electron chi connectivity index (χ4n) is 8.48. The molecule has 1 saturated heterocycles. The molecule has 0 radical (unpaired) electrons. The summed E-state index contributed by atoms with van der Waals surface area (Å²) in [7, 11) is -2.54. The molecule has 0 bridgehead atoms. The van der Waals surface area contributed by atoms with Gasteiger partial charge in [-0.1, -0.05) is 69.2 Å². The predicted octanol–water partition coefficient (Wildman–Crippen LogP) is 10.7. The molecule has 3 atom stereocenters. The highest BCUT2D eigenvalue weighted by molar-refractivity contribution is 8.27. The molecule has 2 heterocycles. The molecule has 3 unspecified atom stereocenters. The maximum Gasteiger partial charge on any atom is 0.414 e.